The molecule has 0 fully saturated rings. The molecule has 0 saturated heterocycles. The third-order valence-corrected chi connectivity index (χ3v) is 13.5. The van der Waals surface area contributed by atoms with Crippen molar-refractivity contribution < 1.29 is 18.9 Å². The Kier molecular flexibility index (Phi) is 9.03. The first-order valence-electron chi connectivity index (χ1n) is 3.75. The summed E-state index contributed by atoms with van der Waals surface area (Å²) in [7, 11) is -0.194. The molecule has 0 aromatic carbocycles. The average molecular weight is 193 g/mol. The van der Waals surface area contributed by atoms with Crippen molar-refractivity contribution in [1.29, 1.82) is 0 Å². The molecule has 0 rings (SSSR count). The van der Waals surface area contributed by atoms with Crippen molar-refractivity contribution >= 4 is 26.4 Å². The van der Waals surface area contributed by atoms with E-state index in [1.807, 2.05) is 4.79 Å². The van der Waals surface area contributed by atoms with Gasteiger partial charge in [-0.25, -0.2) is 0 Å². The van der Waals surface area contributed by atoms with Crippen LogP contribution in [0.1, 0.15) is 0 Å². The Morgan fingerprint density at radius 3 is 0.818 bits per heavy atom. The topological polar surface area (TPSA) is 0 Å². The first kappa shape index (κ1) is 14.8. The van der Waals surface area contributed by atoms with E-state index in [0.29, 0.717) is 0 Å². The van der Waals surface area contributed by atoms with E-state index < -0.39 is 0 Å². The molecule has 0 spiro atoms. The molecule has 0 nitrogen and oxygen atoms in total. The van der Waals surface area contributed by atoms with Crippen LogP contribution in [-0.2, 0) is 0 Å². The van der Waals surface area contributed by atoms with E-state index in [1.165, 1.54) is 0 Å². The maximum atomic E-state index is 2.44. The van der Waals surface area contributed by atoms with Crippen molar-refractivity contribution in [2.45, 2.75) is 39.3 Å². The minimum absolute atomic E-state index is 0. The van der Waals surface area contributed by atoms with Gasteiger partial charge >= 0.3 is 18.9 Å². The SMILES string of the molecule is C[Si](C)[C-]([Si](C)C)[Si](C)C.[Li+]. The predicted molar refractivity (Wildman–Crippen MR) is 55.7 cm³/mol. The average Bonchev–Trinajstić information content (AvgIpc) is 1.59. The van der Waals surface area contributed by atoms with Crippen LogP contribution in [0.15, 0.2) is 0 Å². The zero-order valence-electron chi connectivity index (χ0n) is 9.00. The molecule has 0 aliphatic rings. The fraction of sp³-hybridized carbons (Fsp3) is 0.857. The standard InChI is InChI=1S/C7H18Si3.Li/c1-8(2)7(9(3)4)10(5)6;/h1-6H3;/q-1;+1. The largest absolute Gasteiger partial charge is 1.00 e. The molecule has 0 aromatic rings. The second-order valence-corrected chi connectivity index (χ2v) is 12.4. The third-order valence-electron chi connectivity index (χ3n) is 1.50. The van der Waals surface area contributed by atoms with E-state index in [-0.39, 0.29) is 45.3 Å². The molecule has 0 heterocycles. The van der Waals surface area contributed by atoms with Crippen molar-refractivity contribution in [3.63, 3.8) is 0 Å². The van der Waals surface area contributed by atoms with Gasteiger partial charge in [-0.3, -0.25) is 0 Å². The summed E-state index contributed by atoms with van der Waals surface area (Å²) < 4.78 is 0. The summed E-state index contributed by atoms with van der Waals surface area (Å²) in [6, 6.07) is 0. The van der Waals surface area contributed by atoms with Crippen LogP contribution in [0.4, 0.5) is 0 Å². The molecule has 3 radical (unpaired) electrons. The summed E-state index contributed by atoms with van der Waals surface area (Å²) in [6.45, 7) is 14.6. The smallest absolute Gasteiger partial charge is 0.322 e. The van der Waals surface area contributed by atoms with Crippen LogP contribution in [0.2, 0.25) is 39.3 Å². The molecule has 0 atom stereocenters. The van der Waals surface area contributed by atoms with Gasteiger partial charge in [0.2, 0.25) is 0 Å². The summed E-state index contributed by atoms with van der Waals surface area (Å²) >= 11 is 0. The first-order valence-corrected chi connectivity index (χ1v) is 11.2. The van der Waals surface area contributed by atoms with Crippen LogP contribution in [0.25, 0.3) is 0 Å². The summed E-state index contributed by atoms with van der Waals surface area (Å²) in [5.74, 6) is 0. The molecule has 0 N–H and O–H groups in total. The Balaban J connectivity index is 0. The van der Waals surface area contributed by atoms with E-state index in [0.717, 1.165) is 0 Å². The molecule has 59 valence electrons. The van der Waals surface area contributed by atoms with Gasteiger partial charge in [-0.1, -0.05) is 39.3 Å². The molecule has 0 unspecified atom stereocenters. The van der Waals surface area contributed by atoms with Gasteiger partial charge in [0.05, 0.1) is 0 Å². The summed E-state index contributed by atoms with van der Waals surface area (Å²) in [5.41, 5.74) is 0. The minimum atomic E-state index is -0.0648. The number of hydrogen-bond acceptors (Lipinski definition) is 0. The summed E-state index contributed by atoms with van der Waals surface area (Å²) in [6.07, 6.45) is 0. The quantitative estimate of drug-likeness (QED) is 0.417. The summed E-state index contributed by atoms with van der Waals surface area (Å²) in [4.78, 5) is 2.00. The maximum Gasteiger partial charge on any atom is 1.00 e. The van der Waals surface area contributed by atoms with Crippen molar-refractivity contribution in [3.8, 4) is 0 Å². The molecule has 11 heavy (non-hydrogen) atoms. The second kappa shape index (κ2) is 6.73. The Morgan fingerprint density at radius 1 is 0.636 bits per heavy atom. The van der Waals surface area contributed by atoms with Crippen LogP contribution in [0, 0.1) is 4.79 Å². The molecule has 0 aliphatic heterocycles. The van der Waals surface area contributed by atoms with Crippen molar-refractivity contribution in [3.05, 3.63) is 4.79 Å². The van der Waals surface area contributed by atoms with Gasteiger partial charge in [0.1, 0.15) is 0 Å². The van der Waals surface area contributed by atoms with E-state index in [4.69, 9.17) is 0 Å². The summed E-state index contributed by atoms with van der Waals surface area (Å²) in [5, 5.41) is 0. The molecule has 0 saturated carbocycles. The monoisotopic (exact) mass is 193 g/mol. The van der Waals surface area contributed by atoms with Gasteiger partial charge in [0, 0.05) is 0 Å². The van der Waals surface area contributed by atoms with Gasteiger partial charge < -0.3 is 4.79 Å². The van der Waals surface area contributed by atoms with Gasteiger partial charge in [-0.2, -0.15) is 0 Å². The number of hydrogen-bond donors (Lipinski definition) is 0. The normalized spacial score (nSPS) is 11.5. The zero-order chi connectivity index (χ0) is 8.31. The van der Waals surface area contributed by atoms with Gasteiger partial charge in [-0.05, 0) is 0 Å². The van der Waals surface area contributed by atoms with Crippen molar-refractivity contribution in [2.24, 2.45) is 0 Å². The maximum absolute atomic E-state index is 2.44. The minimum Gasteiger partial charge on any atom is -0.322 e. The molecule has 0 bridgehead atoms. The van der Waals surface area contributed by atoms with Gasteiger partial charge in [0.25, 0.3) is 0 Å². The van der Waals surface area contributed by atoms with E-state index in [2.05, 4.69) is 39.3 Å². The zero-order valence-corrected chi connectivity index (χ0v) is 12.0. The van der Waals surface area contributed by atoms with Crippen LogP contribution in [0.3, 0.4) is 0 Å². The van der Waals surface area contributed by atoms with Gasteiger partial charge in [0.15, 0.2) is 0 Å². The Labute approximate surface area is 89.2 Å². The van der Waals surface area contributed by atoms with Crippen LogP contribution < -0.4 is 18.9 Å². The van der Waals surface area contributed by atoms with Crippen LogP contribution in [0.5, 0.6) is 0 Å². The Hall–Kier alpha value is 1.25. The van der Waals surface area contributed by atoms with Crippen molar-refractivity contribution in [2.75, 3.05) is 0 Å². The Morgan fingerprint density at radius 2 is 0.818 bits per heavy atom. The number of rotatable bonds is 3. The first-order chi connectivity index (χ1) is 4.46. The molecular weight excluding hydrogens is 175 g/mol. The second-order valence-electron chi connectivity index (χ2n) is 3.38. The fourth-order valence-corrected chi connectivity index (χ4v) is 13.5. The fourth-order valence-electron chi connectivity index (χ4n) is 1.50. The van der Waals surface area contributed by atoms with Crippen molar-refractivity contribution in [1.82, 2.24) is 0 Å². The van der Waals surface area contributed by atoms with Crippen LogP contribution >= 0.6 is 0 Å². The molecule has 0 aromatic heterocycles. The van der Waals surface area contributed by atoms with E-state index in [1.54, 1.807) is 0 Å². The Bertz CT molecular complexity index is 74.7. The third kappa shape index (κ3) is 5.48. The van der Waals surface area contributed by atoms with Crippen LogP contribution in [-0.4, -0.2) is 26.4 Å². The molecule has 0 amide bonds. The van der Waals surface area contributed by atoms with E-state index >= 15 is 0 Å². The molecule has 4 heteroatoms. The van der Waals surface area contributed by atoms with E-state index in [9.17, 15) is 0 Å². The van der Waals surface area contributed by atoms with Gasteiger partial charge in [-0.15, -0.1) is 26.4 Å². The molecule has 0 aliphatic carbocycles. The predicted octanol–water partition coefficient (Wildman–Crippen LogP) is -0.554. The molecular formula is C7H18LiSi3.